The minimum Gasteiger partial charge on any atom is -0.378 e. The Bertz CT molecular complexity index is 628. The summed E-state index contributed by atoms with van der Waals surface area (Å²) < 4.78 is 5.34. The minimum atomic E-state index is 0.384. The summed E-state index contributed by atoms with van der Waals surface area (Å²) in [4.78, 5) is 0. The molecule has 1 fully saturated rings. The molecular formula is C19H24N2O. The first-order chi connectivity index (χ1) is 10.9. The van der Waals surface area contributed by atoms with E-state index in [1.54, 1.807) is 6.26 Å². The number of aromatic nitrogens is 1. The van der Waals surface area contributed by atoms with Gasteiger partial charge in [0.2, 0.25) is 0 Å². The molecule has 1 saturated carbocycles. The van der Waals surface area contributed by atoms with Crippen molar-refractivity contribution in [1.82, 2.24) is 5.16 Å². The van der Waals surface area contributed by atoms with Gasteiger partial charge in [-0.05, 0) is 43.2 Å². The van der Waals surface area contributed by atoms with Crippen molar-refractivity contribution in [2.45, 2.75) is 63.3 Å². The molecule has 1 heterocycles. The zero-order valence-electron chi connectivity index (χ0n) is 13.1. The maximum Gasteiger partial charge on any atom is 0.147 e. The molecule has 1 atom stereocenters. The second-order valence-electron chi connectivity index (χ2n) is 6.74. The zero-order valence-corrected chi connectivity index (χ0v) is 13.1. The highest BCUT2D eigenvalue weighted by molar-refractivity contribution is 5.52. The van der Waals surface area contributed by atoms with Gasteiger partial charge in [-0.2, -0.15) is 0 Å². The highest BCUT2D eigenvalue weighted by Gasteiger charge is 2.27. The first-order valence-electron chi connectivity index (χ1n) is 8.70. The van der Waals surface area contributed by atoms with Gasteiger partial charge in [-0.1, -0.05) is 48.7 Å². The van der Waals surface area contributed by atoms with E-state index in [0.29, 0.717) is 12.0 Å². The topological polar surface area (TPSA) is 38.1 Å². The Kier molecular flexibility index (Phi) is 3.88. The van der Waals surface area contributed by atoms with Crippen LogP contribution in [0.25, 0.3) is 0 Å². The van der Waals surface area contributed by atoms with Gasteiger partial charge in [0.15, 0.2) is 0 Å². The van der Waals surface area contributed by atoms with E-state index in [1.807, 2.05) is 0 Å². The summed E-state index contributed by atoms with van der Waals surface area (Å²) in [6.45, 7) is 0. The number of hydrogen-bond acceptors (Lipinski definition) is 3. The molecule has 22 heavy (non-hydrogen) atoms. The predicted octanol–water partition coefficient (Wildman–Crippen LogP) is 4.89. The Morgan fingerprint density at radius 1 is 1.00 bits per heavy atom. The van der Waals surface area contributed by atoms with Crippen molar-refractivity contribution in [3.8, 4) is 0 Å². The summed E-state index contributed by atoms with van der Waals surface area (Å²) in [6, 6.07) is 9.40. The lowest BCUT2D eigenvalue weighted by Crippen LogP contribution is -2.23. The van der Waals surface area contributed by atoms with Crippen molar-refractivity contribution >= 4 is 5.69 Å². The van der Waals surface area contributed by atoms with Crippen LogP contribution in [0.5, 0.6) is 0 Å². The van der Waals surface area contributed by atoms with Crippen LogP contribution in [0.3, 0.4) is 0 Å². The van der Waals surface area contributed by atoms with Gasteiger partial charge in [-0.25, -0.2) is 0 Å². The first kappa shape index (κ1) is 13.9. The third-order valence-electron chi connectivity index (χ3n) is 5.26. The van der Waals surface area contributed by atoms with E-state index >= 15 is 0 Å². The Labute approximate surface area is 132 Å². The van der Waals surface area contributed by atoms with Gasteiger partial charge in [0.05, 0.1) is 5.69 Å². The molecule has 1 aromatic carbocycles. The molecule has 0 saturated heterocycles. The molecule has 3 nitrogen and oxygen atoms in total. The molecule has 3 heteroatoms. The van der Waals surface area contributed by atoms with Gasteiger partial charge < -0.3 is 9.84 Å². The molecule has 0 bridgehead atoms. The van der Waals surface area contributed by atoms with Crippen LogP contribution in [0, 0.1) is 0 Å². The third-order valence-corrected chi connectivity index (χ3v) is 5.26. The fraction of sp³-hybridized carbons (Fsp3) is 0.526. The van der Waals surface area contributed by atoms with Crippen molar-refractivity contribution in [3.63, 3.8) is 0 Å². The maximum absolute atomic E-state index is 5.34. The molecule has 0 spiro atoms. The smallest absolute Gasteiger partial charge is 0.147 e. The van der Waals surface area contributed by atoms with Crippen LogP contribution >= 0.6 is 0 Å². The van der Waals surface area contributed by atoms with Crippen LogP contribution in [-0.4, -0.2) is 11.2 Å². The number of fused-ring (bicyclic) bond motifs is 1. The zero-order chi connectivity index (χ0) is 14.8. The SMILES string of the molecule is c1ccc2c(c1)CCCC2c1nocc1NC1CCCCC1. The molecule has 0 aliphatic heterocycles. The molecule has 2 aliphatic carbocycles. The molecule has 1 N–H and O–H groups in total. The number of rotatable bonds is 3. The van der Waals surface area contributed by atoms with Crippen LogP contribution in [0.15, 0.2) is 35.1 Å². The Hall–Kier alpha value is -1.77. The lowest BCUT2D eigenvalue weighted by Gasteiger charge is -2.27. The average Bonchev–Trinajstić information content (AvgIpc) is 3.03. The average molecular weight is 296 g/mol. The minimum absolute atomic E-state index is 0.384. The van der Waals surface area contributed by atoms with Gasteiger partial charge >= 0.3 is 0 Å². The van der Waals surface area contributed by atoms with Crippen LogP contribution in [0.4, 0.5) is 5.69 Å². The van der Waals surface area contributed by atoms with Crippen molar-refractivity contribution in [1.29, 1.82) is 0 Å². The summed E-state index contributed by atoms with van der Waals surface area (Å²) in [5, 5.41) is 8.07. The molecule has 4 rings (SSSR count). The van der Waals surface area contributed by atoms with E-state index in [2.05, 4.69) is 34.7 Å². The quantitative estimate of drug-likeness (QED) is 0.876. The molecule has 116 valence electrons. The van der Waals surface area contributed by atoms with Gasteiger partial charge in [-0.3, -0.25) is 0 Å². The normalized spacial score (nSPS) is 22.3. The maximum atomic E-state index is 5.34. The van der Waals surface area contributed by atoms with Crippen LogP contribution < -0.4 is 5.32 Å². The standard InChI is InChI=1S/C19H24N2O/c1-2-9-15(10-3-1)20-18-13-22-21-19(18)17-12-6-8-14-7-4-5-11-16(14)17/h4-5,7,11,13,15,17,20H,1-3,6,8-10,12H2. The molecule has 1 unspecified atom stereocenters. The number of nitrogens with one attached hydrogen (secondary N) is 1. The Balaban J connectivity index is 1.60. The van der Waals surface area contributed by atoms with E-state index in [1.165, 1.54) is 62.5 Å². The highest BCUT2D eigenvalue weighted by atomic mass is 16.5. The van der Waals surface area contributed by atoms with E-state index in [4.69, 9.17) is 4.52 Å². The predicted molar refractivity (Wildman–Crippen MR) is 88.2 cm³/mol. The largest absolute Gasteiger partial charge is 0.378 e. The van der Waals surface area contributed by atoms with Crippen molar-refractivity contribution in [3.05, 3.63) is 47.3 Å². The molecule has 0 amide bonds. The Morgan fingerprint density at radius 2 is 1.86 bits per heavy atom. The number of nitrogens with zero attached hydrogens (tertiary/aromatic N) is 1. The van der Waals surface area contributed by atoms with E-state index in [9.17, 15) is 0 Å². The van der Waals surface area contributed by atoms with E-state index < -0.39 is 0 Å². The van der Waals surface area contributed by atoms with Gasteiger partial charge in [0, 0.05) is 12.0 Å². The second kappa shape index (κ2) is 6.15. The summed E-state index contributed by atoms with van der Waals surface area (Å²) in [5.74, 6) is 0.384. The van der Waals surface area contributed by atoms with Crippen LogP contribution in [-0.2, 0) is 6.42 Å². The molecule has 0 radical (unpaired) electrons. The van der Waals surface area contributed by atoms with Gasteiger partial charge in [0.25, 0.3) is 0 Å². The van der Waals surface area contributed by atoms with Crippen LogP contribution in [0.2, 0.25) is 0 Å². The molecule has 1 aromatic heterocycles. The summed E-state index contributed by atoms with van der Waals surface area (Å²) in [6.07, 6.45) is 12.0. The fourth-order valence-corrected chi connectivity index (χ4v) is 4.11. The fourth-order valence-electron chi connectivity index (χ4n) is 4.11. The van der Waals surface area contributed by atoms with Crippen molar-refractivity contribution in [2.24, 2.45) is 0 Å². The van der Waals surface area contributed by atoms with E-state index in [-0.39, 0.29) is 0 Å². The number of benzene rings is 1. The van der Waals surface area contributed by atoms with Gasteiger partial charge in [-0.15, -0.1) is 0 Å². The molecular weight excluding hydrogens is 272 g/mol. The second-order valence-corrected chi connectivity index (χ2v) is 6.74. The molecule has 2 aliphatic rings. The summed E-state index contributed by atoms with van der Waals surface area (Å²) >= 11 is 0. The first-order valence-corrected chi connectivity index (χ1v) is 8.70. The lowest BCUT2D eigenvalue weighted by molar-refractivity contribution is 0.404. The molecule has 2 aromatic rings. The van der Waals surface area contributed by atoms with Crippen molar-refractivity contribution < 1.29 is 4.52 Å². The number of aryl methyl sites for hydroxylation is 1. The number of anilines is 1. The monoisotopic (exact) mass is 296 g/mol. The van der Waals surface area contributed by atoms with Crippen LogP contribution in [0.1, 0.15) is 67.7 Å². The van der Waals surface area contributed by atoms with Crippen molar-refractivity contribution in [2.75, 3.05) is 5.32 Å². The lowest BCUT2D eigenvalue weighted by atomic mass is 9.80. The highest BCUT2D eigenvalue weighted by Crippen LogP contribution is 2.39. The Morgan fingerprint density at radius 3 is 2.77 bits per heavy atom. The number of hydrogen-bond donors (Lipinski definition) is 1. The third kappa shape index (κ3) is 2.65. The van der Waals surface area contributed by atoms with E-state index in [0.717, 1.165) is 11.4 Å². The summed E-state index contributed by atoms with van der Waals surface area (Å²) in [5.41, 5.74) is 5.14. The van der Waals surface area contributed by atoms with Gasteiger partial charge in [0.1, 0.15) is 12.0 Å². The summed E-state index contributed by atoms with van der Waals surface area (Å²) in [7, 11) is 0.